The van der Waals surface area contributed by atoms with E-state index in [0.717, 1.165) is 38.4 Å². The zero-order valence-electron chi connectivity index (χ0n) is 11.2. The van der Waals surface area contributed by atoms with Crippen LogP contribution in [0.1, 0.15) is 19.3 Å². The van der Waals surface area contributed by atoms with Crippen molar-refractivity contribution in [2.24, 2.45) is 5.92 Å². The Morgan fingerprint density at radius 3 is 2.74 bits per heavy atom. The van der Waals surface area contributed by atoms with E-state index in [1.54, 1.807) is 0 Å². The Kier molecular flexibility index (Phi) is 6.72. The van der Waals surface area contributed by atoms with Crippen LogP contribution in [0.25, 0.3) is 0 Å². The van der Waals surface area contributed by atoms with Gasteiger partial charge in [-0.1, -0.05) is 0 Å². The highest BCUT2D eigenvalue weighted by Gasteiger charge is 2.22. The van der Waals surface area contributed by atoms with E-state index in [0.29, 0.717) is 0 Å². The highest BCUT2D eigenvalue weighted by Crippen LogP contribution is 2.20. The third-order valence-electron chi connectivity index (χ3n) is 3.46. The molecule has 0 spiro atoms. The lowest BCUT2D eigenvalue weighted by Gasteiger charge is -2.32. The van der Waals surface area contributed by atoms with Gasteiger partial charge in [0, 0.05) is 13.1 Å². The molecule has 1 aromatic rings. The maximum absolute atomic E-state index is 12.0. The topological polar surface area (TPSA) is 75.9 Å². The van der Waals surface area contributed by atoms with Crippen LogP contribution in [0, 0.1) is 5.92 Å². The Balaban J connectivity index is 0.00000180. The molecule has 0 atom stereocenters. The first kappa shape index (κ1) is 15.8. The molecule has 7 nitrogen and oxygen atoms in total. The molecule has 0 bridgehead atoms. The average molecular weight is 289 g/mol. The Morgan fingerprint density at radius 2 is 2.16 bits per heavy atom. The highest BCUT2D eigenvalue weighted by molar-refractivity contribution is 5.85. The Hall–Kier alpha value is -1.21. The number of tetrazole rings is 1. The number of piperidine rings is 1. The van der Waals surface area contributed by atoms with Crippen LogP contribution in [0.15, 0.2) is 6.33 Å². The number of nitrogens with zero attached hydrogens (tertiary/aromatic N) is 5. The SMILES string of the molecule is CNCCC1CCN(C(=O)Cn2cnnn2)CC1.Cl. The van der Waals surface area contributed by atoms with Crippen molar-refractivity contribution in [3.8, 4) is 0 Å². The molecule has 108 valence electrons. The number of nitrogens with one attached hydrogen (secondary N) is 1. The number of rotatable bonds is 5. The van der Waals surface area contributed by atoms with Gasteiger partial charge in [0.05, 0.1) is 0 Å². The summed E-state index contributed by atoms with van der Waals surface area (Å²) >= 11 is 0. The number of aromatic nitrogens is 4. The quantitative estimate of drug-likeness (QED) is 0.822. The van der Waals surface area contributed by atoms with Crippen molar-refractivity contribution in [1.29, 1.82) is 0 Å². The maximum Gasteiger partial charge on any atom is 0.244 e. The van der Waals surface area contributed by atoms with Gasteiger partial charge in [-0.15, -0.1) is 17.5 Å². The number of carbonyl (C=O) groups is 1. The van der Waals surface area contributed by atoms with Gasteiger partial charge < -0.3 is 10.2 Å². The largest absolute Gasteiger partial charge is 0.341 e. The lowest BCUT2D eigenvalue weighted by Crippen LogP contribution is -2.40. The van der Waals surface area contributed by atoms with E-state index in [4.69, 9.17) is 0 Å². The zero-order chi connectivity index (χ0) is 12.8. The number of amides is 1. The molecular formula is C11H21ClN6O. The van der Waals surface area contributed by atoms with Crippen molar-refractivity contribution in [3.63, 3.8) is 0 Å². The summed E-state index contributed by atoms with van der Waals surface area (Å²) in [6.07, 6.45) is 4.87. The summed E-state index contributed by atoms with van der Waals surface area (Å²) in [5, 5.41) is 13.9. The fourth-order valence-corrected chi connectivity index (χ4v) is 2.31. The molecule has 0 saturated carbocycles. The molecule has 2 rings (SSSR count). The molecular weight excluding hydrogens is 268 g/mol. The van der Waals surface area contributed by atoms with Crippen LogP contribution in [0.3, 0.4) is 0 Å². The van der Waals surface area contributed by atoms with Crippen LogP contribution in [-0.4, -0.2) is 57.7 Å². The number of likely N-dealkylation sites (tertiary alicyclic amines) is 1. The normalized spacial score (nSPS) is 16.2. The predicted molar refractivity (Wildman–Crippen MR) is 72.9 cm³/mol. The molecule has 8 heteroatoms. The lowest BCUT2D eigenvalue weighted by molar-refractivity contribution is -0.133. The minimum atomic E-state index is 0. The summed E-state index contributed by atoms with van der Waals surface area (Å²) in [7, 11) is 1.98. The maximum atomic E-state index is 12.0. The molecule has 2 heterocycles. The molecule has 1 aliphatic heterocycles. The summed E-state index contributed by atoms with van der Waals surface area (Å²) in [4.78, 5) is 13.9. The van der Waals surface area contributed by atoms with Gasteiger partial charge in [-0.25, -0.2) is 4.68 Å². The van der Waals surface area contributed by atoms with Crippen molar-refractivity contribution in [2.75, 3.05) is 26.7 Å². The van der Waals surface area contributed by atoms with E-state index in [9.17, 15) is 4.79 Å². The molecule has 1 aliphatic rings. The van der Waals surface area contributed by atoms with Crippen LogP contribution in [0.5, 0.6) is 0 Å². The second-order valence-corrected chi connectivity index (χ2v) is 4.72. The van der Waals surface area contributed by atoms with Crippen molar-refractivity contribution >= 4 is 18.3 Å². The molecule has 0 radical (unpaired) electrons. The third-order valence-corrected chi connectivity index (χ3v) is 3.46. The highest BCUT2D eigenvalue weighted by atomic mass is 35.5. The third kappa shape index (κ3) is 4.76. The molecule has 1 saturated heterocycles. The number of hydrogen-bond donors (Lipinski definition) is 1. The van der Waals surface area contributed by atoms with E-state index in [2.05, 4.69) is 20.8 Å². The van der Waals surface area contributed by atoms with Gasteiger partial charge in [0.2, 0.25) is 5.91 Å². The van der Waals surface area contributed by atoms with E-state index >= 15 is 0 Å². The Morgan fingerprint density at radius 1 is 1.42 bits per heavy atom. The number of halogens is 1. The smallest absolute Gasteiger partial charge is 0.244 e. The second kappa shape index (κ2) is 8.06. The van der Waals surface area contributed by atoms with Gasteiger partial charge in [-0.3, -0.25) is 4.79 Å². The predicted octanol–water partition coefficient (Wildman–Crippen LogP) is -0.0570. The van der Waals surface area contributed by atoms with E-state index < -0.39 is 0 Å². The molecule has 1 N–H and O–H groups in total. The van der Waals surface area contributed by atoms with Crippen molar-refractivity contribution in [1.82, 2.24) is 30.4 Å². The summed E-state index contributed by atoms with van der Waals surface area (Å²) in [5.74, 6) is 0.851. The fourth-order valence-electron chi connectivity index (χ4n) is 2.31. The summed E-state index contributed by atoms with van der Waals surface area (Å²) < 4.78 is 1.47. The second-order valence-electron chi connectivity index (χ2n) is 4.72. The summed E-state index contributed by atoms with van der Waals surface area (Å²) in [6.45, 7) is 3.02. The fraction of sp³-hybridized carbons (Fsp3) is 0.818. The van der Waals surface area contributed by atoms with Crippen LogP contribution in [0.4, 0.5) is 0 Å². The molecule has 1 fully saturated rings. The van der Waals surface area contributed by atoms with E-state index in [-0.39, 0.29) is 24.9 Å². The van der Waals surface area contributed by atoms with Crippen LogP contribution < -0.4 is 5.32 Å². The van der Waals surface area contributed by atoms with Gasteiger partial charge in [-0.2, -0.15) is 0 Å². The van der Waals surface area contributed by atoms with Gasteiger partial charge in [0.25, 0.3) is 0 Å². The minimum Gasteiger partial charge on any atom is -0.341 e. The Bertz CT molecular complexity index is 363. The van der Waals surface area contributed by atoms with Crippen LogP contribution in [0.2, 0.25) is 0 Å². The summed E-state index contributed by atoms with van der Waals surface area (Å²) in [6, 6.07) is 0. The number of carbonyl (C=O) groups excluding carboxylic acids is 1. The van der Waals surface area contributed by atoms with Gasteiger partial charge in [0.1, 0.15) is 12.9 Å². The molecule has 0 aromatic carbocycles. The van der Waals surface area contributed by atoms with Crippen molar-refractivity contribution in [2.45, 2.75) is 25.8 Å². The lowest BCUT2D eigenvalue weighted by atomic mass is 9.93. The van der Waals surface area contributed by atoms with Gasteiger partial charge >= 0.3 is 0 Å². The molecule has 1 amide bonds. The number of hydrogen-bond acceptors (Lipinski definition) is 5. The van der Waals surface area contributed by atoms with Crippen molar-refractivity contribution in [3.05, 3.63) is 6.33 Å². The van der Waals surface area contributed by atoms with Crippen LogP contribution in [-0.2, 0) is 11.3 Å². The van der Waals surface area contributed by atoms with Gasteiger partial charge in [-0.05, 0) is 49.2 Å². The standard InChI is InChI=1S/C11H20N6O.ClH/c1-12-5-2-10-3-6-16(7-4-10)11(18)8-17-9-13-14-15-17;/h9-10,12H,2-8H2,1H3;1H. The zero-order valence-corrected chi connectivity index (χ0v) is 12.0. The van der Waals surface area contributed by atoms with Crippen molar-refractivity contribution < 1.29 is 4.79 Å². The van der Waals surface area contributed by atoms with Gasteiger partial charge in [0.15, 0.2) is 0 Å². The van der Waals surface area contributed by atoms with Crippen LogP contribution >= 0.6 is 12.4 Å². The molecule has 1 aromatic heterocycles. The average Bonchev–Trinajstić information content (AvgIpc) is 2.89. The van der Waals surface area contributed by atoms with E-state index in [1.807, 2.05) is 11.9 Å². The first-order chi connectivity index (χ1) is 8.79. The first-order valence-electron chi connectivity index (χ1n) is 6.42. The monoisotopic (exact) mass is 288 g/mol. The Labute approximate surface area is 119 Å². The van der Waals surface area contributed by atoms with E-state index in [1.165, 1.54) is 17.4 Å². The molecule has 19 heavy (non-hydrogen) atoms. The minimum absolute atomic E-state index is 0. The summed E-state index contributed by atoms with van der Waals surface area (Å²) in [5.41, 5.74) is 0. The molecule has 0 unspecified atom stereocenters. The first-order valence-corrected chi connectivity index (χ1v) is 6.42. The molecule has 0 aliphatic carbocycles.